The number of rotatable bonds is 5. The number of thiocarbonyl (C=S) groups is 1. The molecule has 6 nitrogen and oxygen atoms in total. The normalized spacial score (nSPS) is 17.0. The SMILES string of the molecule is COc1ccc(-c2ccc(/C=C3/SC(=S)N([C@H](C)C(=O)O)C3=O)o2)cc1. The van der Waals surface area contributed by atoms with Gasteiger partial charge in [-0.05, 0) is 43.3 Å². The van der Waals surface area contributed by atoms with Gasteiger partial charge in [-0.25, -0.2) is 4.79 Å². The summed E-state index contributed by atoms with van der Waals surface area (Å²) in [6, 6.07) is 9.93. The van der Waals surface area contributed by atoms with E-state index in [1.807, 2.05) is 24.3 Å². The fourth-order valence-corrected chi connectivity index (χ4v) is 3.79. The Kier molecular flexibility index (Phi) is 5.15. The van der Waals surface area contributed by atoms with E-state index in [1.54, 1.807) is 25.3 Å². The standard InChI is InChI=1S/C18H15NO5S2/c1-10(17(21)22)19-16(20)15(26-18(19)25)9-13-7-8-14(24-13)11-3-5-12(23-2)6-4-11/h3-10H,1-2H3,(H,21,22)/b15-9+/t10-/m1/s1. The number of hydrogen-bond acceptors (Lipinski definition) is 6. The molecule has 2 heterocycles. The van der Waals surface area contributed by atoms with Crippen LogP contribution in [0.2, 0.25) is 0 Å². The van der Waals surface area contributed by atoms with Gasteiger partial charge in [-0.1, -0.05) is 24.0 Å². The van der Waals surface area contributed by atoms with Crippen molar-refractivity contribution < 1.29 is 23.8 Å². The molecule has 1 aliphatic rings. The highest BCUT2D eigenvalue weighted by Crippen LogP contribution is 2.35. The van der Waals surface area contributed by atoms with Crippen LogP contribution in [-0.2, 0) is 9.59 Å². The van der Waals surface area contributed by atoms with E-state index < -0.39 is 17.9 Å². The molecule has 2 aromatic rings. The number of ether oxygens (including phenoxy) is 1. The van der Waals surface area contributed by atoms with E-state index in [2.05, 4.69) is 0 Å². The van der Waals surface area contributed by atoms with Gasteiger partial charge in [0.2, 0.25) is 0 Å². The van der Waals surface area contributed by atoms with Crippen molar-refractivity contribution >= 4 is 46.3 Å². The Labute approximate surface area is 159 Å². The molecule has 0 aliphatic carbocycles. The fraction of sp³-hybridized carbons (Fsp3) is 0.167. The number of carbonyl (C=O) groups is 2. The molecule has 1 amide bonds. The summed E-state index contributed by atoms with van der Waals surface area (Å²) in [6.07, 6.45) is 1.57. The Hall–Kier alpha value is -2.58. The maximum absolute atomic E-state index is 12.4. The molecule has 0 saturated carbocycles. The second-order valence-electron chi connectivity index (χ2n) is 5.50. The highest BCUT2D eigenvalue weighted by molar-refractivity contribution is 8.26. The van der Waals surface area contributed by atoms with Crippen LogP contribution in [0, 0.1) is 0 Å². The molecule has 1 aliphatic heterocycles. The molecule has 1 aromatic heterocycles. The number of thioether (sulfide) groups is 1. The maximum Gasteiger partial charge on any atom is 0.326 e. The van der Waals surface area contributed by atoms with Crippen molar-refractivity contribution in [3.05, 3.63) is 47.1 Å². The molecule has 1 atom stereocenters. The molecule has 134 valence electrons. The fourth-order valence-electron chi connectivity index (χ4n) is 2.39. The van der Waals surface area contributed by atoms with Gasteiger partial charge in [-0.15, -0.1) is 0 Å². The van der Waals surface area contributed by atoms with E-state index in [-0.39, 0.29) is 4.32 Å². The maximum atomic E-state index is 12.4. The van der Waals surface area contributed by atoms with E-state index in [4.69, 9.17) is 26.5 Å². The predicted octanol–water partition coefficient (Wildman–Crippen LogP) is 3.63. The summed E-state index contributed by atoms with van der Waals surface area (Å²) in [5, 5.41) is 9.11. The summed E-state index contributed by atoms with van der Waals surface area (Å²) in [7, 11) is 1.60. The summed E-state index contributed by atoms with van der Waals surface area (Å²) in [6.45, 7) is 1.42. The summed E-state index contributed by atoms with van der Waals surface area (Å²) in [5.41, 5.74) is 0.873. The molecule has 1 aromatic carbocycles. The number of benzene rings is 1. The second-order valence-corrected chi connectivity index (χ2v) is 7.17. The van der Waals surface area contributed by atoms with Gasteiger partial charge in [0, 0.05) is 11.6 Å². The number of methoxy groups -OCH3 is 1. The first-order valence-corrected chi connectivity index (χ1v) is 8.87. The third kappa shape index (κ3) is 3.51. The first-order valence-electron chi connectivity index (χ1n) is 7.65. The summed E-state index contributed by atoms with van der Waals surface area (Å²) >= 11 is 6.19. The van der Waals surface area contributed by atoms with Crippen LogP contribution in [0.15, 0.2) is 45.7 Å². The van der Waals surface area contributed by atoms with E-state index in [0.717, 1.165) is 28.0 Å². The molecule has 0 radical (unpaired) electrons. The van der Waals surface area contributed by atoms with Crippen LogP contribution in [0.1, 0.15) is 12.7 Å². The molecule has 1 N–H and O–H groups in total. The highest BCUT2D eigenvalue weighted by atomic mass is 32.2. The monoisotopic (exact) mass is 389 g/mol. The van der Waals surface area contributed by atoms with Crippen molar-refractivity contribution in [2.45, 2.75) is 13.0 Å². The van der Waals surface area contributed by atoms with Gasteiger partial charge in [0.1, 0.15) is 27.6 Å². The van der Waals surface area contributed by atoms with Crippen molar-refractivity contribution in [3.63, 3.8) is 0 Å². The lowest BCUT2D eigenvalue weighted by Gasteiger charge is -2.18. The lowest BCUT2D eigenvalue weighted by molar-refractivity contribution is -0.144. The average molecular weight is 389 g/mol. The van der Waals surface area contributed by atoms with Crippen LogP contribution in [0.5, 0.6) is 5.75 Å². The Balaban J connectivity index is 1.82. The van der Waals surface area contributed by atoms with Gasteiger partial charge >= 0.3 is 5.97 Å². The van der Waals surface area contributed by atoms with Gasteiger partial charge in [-0.3, -0.25) is 9.69 Å². The number of carboxylic acids is 1. The van der Waals surface area contributed by atoms with Gasteiger partial charge in [0.25, 0.3) is 5.91 Å². The largest absolute Gasteiger partial charge is 0.497 e. The molecule has 26 heavy (non-hydrogen) atoms. The Morgan fingerprint density at radius 2 is 2.00 bits per heavy atom. The summed E-state index contributed by atoms with van der Waals surface area (Å²) in [5.74, 6) is 0.337. The smallest absolute Gasteiger partial charge is 0.326 e. The van der Waals surface area contributed by atoms with E-state index in [0.29, 0.717) is 16.4 Å². The minimum atomic E-state index is -1.11. The van der Waals surface area contributed by atoms with Crippen molar-refractivity contribution in [3.8, 4) is 17.1 Å². The molecular formula is C18H15NO5S2. The van der Waals surface area contributed by atoms with Gasteiger partial charge < -0.3 is 14.3 Å². The number of nitrogens with zero attached hydrogens (tertiary/aromatic N) is 1. The van der Waals surface area contributed by atoms with Crippen LogP contribution in [-0.4, -0.2) is 39.4 Å². The van der Waals surface area contributed by atoms with Crippen LogP contribution in [0.25, 0.3) is 17.4 Å². The second kappa shape index (κ2) is 7.35. The average Bonchev–Trinajstić information content (AvgIpc) is 3.19. The molecule has 3 rings (SSSR count). The predicted molar refractivity (Wildman–Crippen MR) is 103 cm³/mol. The highest BCUT2D eigenvalue weighted by Gasteiger charge is 2.38. The number of carbonyl (C=O) groups excluding carboxylic acids is 1. The minimum absolute atomic E-state index is 0.220. The molecular weight excluding hydrogens is 374 g/mol. The summed E-state index contributed by atoms with van der Waals surface area (Å²) < 4.78 is 11.1. The van der Waals surface area contributed by atoms with Gasteiger partial charge in [0.15, 0.2) is 0 Å². The van der Waals surface area contributed by atoms with Crippen molar-refractivity contribution in [2.75, 3.05) is 7.11 Å². The van der Waals surface area contributed by atoms with E-state index >= 15 is 0 Å². The molecule has 1 fully saturated rings. The third-order valence-corrected chi connectivity index (χ3v) is 5.17. The quantitative estimate of drug-likeness (QED) is 0.618. The lowest BCUT2D eigenvalue weighted by atomic mass is 10.2. The number of hydrogen-bond donors (Lipinski definition) is 1. The van der Waals surface area contributed by atoms with Crippen LogP contribution in [0.4, 0.5) is 0 Å². The summed E-state index contributed by atoms with van der Waals surface area (Å²) in [4.78, 5) is 25.0. The van der Waals surface area contributed by atoms with Crippen molar-refractivity contribution in [1.82, 2.24) is 4.90 Å². The van der Waals surface area contributed by atoms with Crippen LogP contribution in [0.3, 0.4) is 0 Å². The Morgan fingerprint density at radius 3 is 2.62 bits per heavy atom. The zero-order chi connectivity index (χ0) is 18.8. The zero-order valence-corrected chi connectivity index (χ0v) is 15.6. The van der Waals surface area contributed by atoms with Gasteiger partial charge in [-0.2, -0.15) is 0 Å². The number of amides is 1. The lowest BCUT2D eigenvalue weighted by Crippen LogP contribution is -2.41. The Morgan fingerprint density at radius 1 is 1.31 bits per heavy atom. The number of furan rings is 1. The minimum Gasteiger partial charge on any atom is -0.497 e. The molecule has 1 saturated heterocycles. The third-order valence-electron chi connectivity index (χ3n) is 3.84. The van der Waals surface area contributed by atoms with Crippen molar-refractivity contribution in [2.24, 2.45) is 0 Å². The van der Waals surface area contributed by atoms with Crippen LogP contribution < -0.4 is 4.74 Å². The van der Waals surface area contributed by atoms with E-state index in [9.17, 15) is 9.59 Å². The Bertz CT molecular complexity index is 901. The molecule has 0 spiro atoms. The van der Waals surface area contributed by atoms with Crippen molar-refractivity contribution in [1.29, 1.82) is 0 Å². The first-order chi connectivity index (χ1) is 12.4. The zero-order valence-electron chi connectivity index (χ0n) is 14.0. The molecule has 0 unspecified atom stereocenters. The molecule has 0 bridgehead atoms. The van der Waals surface area contributed by atoms with E-state index in [1.165, 1.54) is 6.92 Å². The molecule has 8 heteroatoms. The van der Waals surface area contributed by atoms with Crippen LogP contribution >= 0.6 is 24.0 Å². The first kappa shape index (κ1) is 18.2. The number of carboxylic acid groups (broad SMARTS) is 1. The van der Waals surface area contributed by atoms with Gasteiger partial charge in [0.05, 0.1) is 12.0 Å². The number of aliphatic carboxylic acids is 1. The topological polar surface area (TPSA) is 80.0 Å².